The molecule has 3 rings (SSSR count). The maximum absolute atomic E-state index is 5.61. The minimum absolute atomic E-state index is 0.504. The van der Waals surface area contributed by atoms with E-state index in [2.05, 4.69) is 38.5 Å². The molecule has 0 aliphatic heterocycles. The molecule has 0 saturated carbocycles. The number of hydrogen-bond acceptors (Lipinski definition) is 3. The van der Waals surface area contributed by atoms with Crippen molar-refractivity contribution >= 4 is 27.0 Å². The van der Waals surface area contributed by atoms with Crippen LogP contribution in [0.15, 0.2) is 41.0 Å². The first-order chi connectivity index (χ1) is 9.72. The van der Waals surface area contributed by atoms with Crippen molar-refractivity contribution < 1.29 is 0 Å². The molecule has 2 heterocycles. The topological polar surface area (TPSA) is 56.7 Å². The summed E-state index contributed by atoms with van der Waals surface area (Å²) in [6.45, 7) is 3.47. The molecule has 2 N–H and O–H groups in total. The van der Waals surface area contributed by atoms with Crippen molar-refractivity contribution in [1.82, 2.24) is 14.5 Å². The Bertz CT molecular complexity index is 746. The zero-order chi connectivity index (χ0) is 14.1. The van der Waals surface area contributed by atoms with Crippen LogP contribution in [0.25, 0.3) is 22.6 Å². The lowest BCUT2D eigenvalue weighted by Gasteiger charge is -2.06. The van der Waals surface area contributed by atoms with Gasteiger partial charge in [-0.2, -0.15) is 0 Å². The third-order valence-corrected chi connectivity index (χ3v) is 3.81. The Hall–Kier alpha value is -1.72. The molecule has 3 aromatic rings. The van der Waals surface area contributed by atoms with Crippen LogP contribution in [0.2, 0.25) is 0 Å². The number of aryl methyl sites for hydroxylation is 1. The van der Waals surface area contributed by atoms with Gasteiger partial charge >= 0.3 is 0 Å². The monoisotopic (exact) mass is 330 g/mol. The smallest absolute Gasteiger partial charge is 0.159 e. The molecule has 0 radical (unpaired) electrons. The third-order valence-electron chi connectivity index (χ3n) is 3.32. The highest BCUT2D eigenvalue weighted by atomic mass is 79.9. The van der Waals surface area contributed by atoms with E-state index in [0.717, 1.165) is 39.1 Å². The van der Waals surface area contributed by atoms with Gasteiger partial charge in [-0.25, -0.2) is 4.98 Å². The average Bonchev–Trinajstić information content (AvgIpc) is 2.84. The number of benzene rings is 1. The summed E-state index contributed by atoms with van der Waals surface area (Å²) in [6, 6.07) is 10.1. The Balaban J connectivity index is 2.18. The van der Waals surface area contributed by atoms with Gasteiger partial charge in [0, 0.05) is 23.8 Å². The quantitative estimate of drug-likeness (QED) is 0.801. The predicted octanol–water partition coefficient (Wildman–Crippen LogP) is 3.34. The highest BCUT2D eigenvalue weighted by molar-refractivity contribution is 9.10. The Morgan fingerprint density at radius 3 is 2.75 bits per heavy atom. The largest absolute Gasteiger partial charge is 0.326 e. The van der Waals surface area contributed by atoms with Crippen molar-refractivity contribution in [2.24, 2.45) is 5.73 Å². The van der Waals surface area contributed by atoms with Gasteiger partial charge in [0.25, 0.3) is 0 Å². The fourth-order valence-electron chi connectivity index (χ4n) is 2.30. The van der Waals surface area contributed by atoms with Crippen molar-refractivity contribution in [2.45, 2.75) is 20.0 Å². The lowest BCUT2D eigenvalue weighted by molar-refractivity contribution is 0.793. The lowest BCUT2D eigenvalue weighted by atomic mass is 10.2. The number of aromatic nitrogens is 3. The van der Waals surface area contributed by atoms with Crippen LogP contribution in [0.3, 0.4) is 0 Å². The van der Waals surface area contributed by atoms with Gasteiger partial charge in [0.05, 0.1) is 11.0 Å². The van der Waals surface area contributed by atoms with Gasteiger partial charge < -0.3 is 10.3 Å². The first-order valence-electron chi connectivity index (χ1n) is 6.54. The first kappa shape index (κ1) is 13.3. The number of nitrogens with zero attached hydrogens (tertiary/aromatic N) is 3. The standard InChI is InChI=1S/C15H15BrN4/c1-2-20-14-6-4-11(16)7-13(14)19-15(20)12-5-3-10(8-17)9-18-12/h3-7,9H,2,8,17H2,1H3. The lowest BCUT2D eigenvalue weighted by Crippen LogP contribution is -2.01. The molecule has 0 aliphatic rings. The Morgan fingerprint density at radius 1 is 1.25 bits per heavy atom. The second-order valence-corrected chi connectivity index (χ2v) is 5.48. The number of nitrogens with two attached hydrogens (primary N) is 1. The molecule has 102 valence electrons. The normalized spacial score (nSPS) is 11.2. The Morgan fingerprint density at radius 2 is 2.10 bits per heavy atom. The van der Waals surface area contributed by atoms with E-state index in [1.165, 1.54) is 0 Å². The number of hydrogen-bond donors (Lipinski definition) is 1. The highest BCUT2D eigenvalue weighted by Crippen LogP contribution is 2.25. The molecular weight excluding hydrogens is 316 g/mol. The van der Waals surface area contributed by atoms with E-state index < -0.39 is 0 Å². The van der Waals surface area contributed by atoms with E-state index in [4.69, 9.17) is 10.7 Å². The van der Waals surface area contributed by atoms with Crippen molar-refractivity contribution in [2.75, 3.05) is 0 Å². The molecule has 4 nitrogen and oxygen atoms in total. The van der Waals surface area contributed by atoms with Crippen LogP contribution >= 0.6 is 15.9 Å². The van der Waals surface area contributed by atoms with Crippen LogP contribution in [0, 0.1) is 0 Å². The Labute approximate surface area is 125 Å². The molecule has 0 bridgehead atoms. The number of halogens is 1. The van der Waals surface area contributed by atoms with Gasteiger partial charge in [0.2, 0.25) is 0 Å². The molecule has 0 aliphatic carbocycles. The maximum Gasteiger partial charge on any atom is 0.159 e. The van der Waals surface area contributed by atoms with E-state index >= 15 is 0 Å². The van der Waals surface area contributed by atoms with Crippen molar-refractivity contribution in [3.05, 3.63) is 46.6 Å². The molecule has 2 aromatic heterocycles. The minimum Gasteiger partial charge on any atom is -0.326 e. The van der Waals surface area contributed by atoms with Gasteiger partial charge in [-0.05, 0) is 36.8 Å². The summed E-state index contributed by atoms with van der Waals surface area (Å²) in [5.41, 5.74) is 9.60. The molecule has 0 fully saturated rings. The molecule has 5 heteroatoms. The molecular formula is C15H15BrN4. The zero-order valence-electron chi connectivity index (χ0n) is 11.2. The second-order valence-electron chi connectivity index (χ2n) is 4.57. The van der Waals surface area contributed by atoms with Gasteiger partial charge in [-0.1, -0.05) is 22.0 Å². The average molecular weight is 331 g/mol. The zero-order valence-corrected chi connectivity index (χ0v) is 12.8. The SMILES string of the molecule is CCn1c(-c2ccc(CN)cn2)nc2cc(Br)ccc21. The van der Waals surface area contributed by atoms with Gasteiger partial charge in [-0.15, -0.1) is 0 Å². The van der Waals surface area contributed by atoms with Crippen molar-refractivity contribution in [1.29, 1.82) is 0 Å². The Kier molecular flexibility index (Phi) is 3.54. The van der Waals surface area contributed by atoms with Gasteiger partial charge in [0.15, 0.2) is 5.82 Å². The summed E-state index contributed by atoms with van der Waals surface area (Å²) in [7, 11) is 0. The van der Waals surface area contributed by atoms with E-state index in [-0.39, 0.29) is 0 Å². The summed E-state index contributed by atoms with van der Waals surface area (Å²) in [6.07, 6.45) is 1.81. The summed E-state index contributed by atoms with van der Waals surface area (Å²) >= 11 is 3.48. The van der Waals surface area contributed by atoms with Gasteiger partial charge in [0.1, 0.15) is 5.69 Å². The van der Waals surface area contributed by atoms with Crippen LogP contribution in [0.5, 0.6) is 0 Å². The minimum atomic E-state index is 0.504. The van der Waals surface area contributed by atoms with E-state index in [0.29, 0.717) is 6.54 Å². The summed E-state index contributed by atoms with van der Waals surface area (Å²) < 4.78 is 3.20. The van der Waals surface area contributed by atoms with Crippen LogP contribution in [-0.2, 0) is 13.1 Å². The summed E-state index contributed by atoms with van der Waals surface area (Å²) in [5.74, 6) is 0.893. The maximum atomic E-state index is 5.61. The molecule has 0 spiro atoms. The molecule has 0 unspecified atom stereocenters. The number of fused-ring (bicyclic) bond motifs is 1. The van der Waals surface area contributed by atoms with Crippen LogP contribution in [0.4, 0.5) is 0 Å². The summed E-state index contributed by atoms with van der Waals surface area (Å²) in [4.78, 5) is 9.18. The summed E-state index contributed by atoms with van der Waals surface area (Å²) in [5, 5.41) is 0. The first-order valence-corrected chi connectivity index (χ1v) is 7.33. The van der Waals surface area contributed by atoms with Crippen LogP contribution in [-0.4, -0.2) is 14.5 Å². The molecule has 0 saturated heterocycles. The fraction of sp³-hybridized carbons (Fsp3) is 0.200. The van der Waals surface area contributed by atoms with Crippen molar-refractivity contribution in [3.8, 4) is 11.5 Å². The molecule has 20 heavy (non-hydrogen) atoms. The fourth-order valence-corrected chi connectivity index (χ4v) is 2.65. The van der Waals surface area contributed by atoms with E-state index in [1.54, 1.807) is 0 Å². The molecule has 0 amide bonds. The second kappa shape index (κ2) is 5.34. The van der Waals surface area contributed by atoms with Crippen LogP contribution < -0.4 is 5.73 Å². The predicted molar refractivity (Wildman–Crippen MR) is 84.2 cm³/mol. The molecule has 1 aromatic carbocycles. The number of rotatable bonds is 3. The molecule has 0 atom stereocenters. The van der Waals surface area contributed by atoms with Gasteiger partial charge in [-0.3, -0.25) is 4.98 Å². The van der Waals surface area contributed by atoms with Crippen LogP contribution in [0.1, 0.15) is 12.5 Å². The number of imidazole rings is 1. The van der Waals surface area contributed by atoms with E-state index in [9.17, 15) is 0 Å². The third kappa shape index (κ3) is 2.23. The number of pyridine rings is 1. The highest BCUT2D eigenvalue weighted by Gasteiger charge is 2.12. The van der Waals surface area contributed by atoms with Crippen molar-refractivity contribution in [3.63, 3.8) is 0 Å². The van der Waals surface area contributed by atoms with E-state index in [1.807, 2.05) is 30.5 Å².